The second-order valence-electron chi connectivity index (χ2n) is 6.70. The highest BCUT2D eigenvalue weighted by Gasteiger charge is 2.46. The third-order valence-corrected chi connectivity index (χ3v) is 4.53. The van der Waals surface area contributed by atoms with Crippen molar-refractivity contribution >= 4 is 17.4 Å². The molecule has 0 aliphatic carbocycles. The molecular weight excluding hydrogens is 411 g/mol. The summed E-state index contributed by atoms with van der Waals surface area (Å²) in [5, 5.41) is 2.40. The Hall–Kier alpha value is -3.08. The molecule has 0 saturated carbocycles. The number of anilines is 1. The number of amides is 1. The molecule has 11 heteroatoms. The zero-order chi connectivity index (χ0) is 22.1. The lowest BCUT2D eigenvalue weighted by Gasteiger charge is -2.33. The lowest BCUT2D eigenvalue weighted by Crippen LogP contribution is -2.45. The number of amidine groups is 1. The highest BCUT2D eigenvalue weighted by atomic mass is 19.3. The zero-order valence-electron chi connectivity index (χ0n) is 15.6. The predicted octanol–water partition coefficient (Wildman–Crippen LogP) is 3.57. The van der Waals surface area contributed by atoms with E-state index in [0.717, 1.165) is 30.5 Å². The van der Waals surface area contributed by atoms with Gasteiger partial charge >= 0.3 is 0 Å². The number of halogens is 5. The summed E-state index contributed by atoms with van der Waals surface area (Å²) >= 11 is 0. The zero-order valence-corrected chi connectivity index (χ0v) is 15.6. The molecule has 6 nitrogen and oxygen atoms in total. The fourth-order valence-corrected chi connectivity index (χ4v) is 3.08. The quantitative estimate of drug-likeness (QED) is 0.713. The average Bonchev–Trinajstić information content (AvgIpc) is 2.68. The van der Waals surface area contributed by atoms with Crippen LogP contribution in [0.25, 0.3) is 0 Å². The van der Waals surface area contributed by atoms with Crippen molar-refractivity contribution in [2.24, 2.45) is 10.7 Å². The van der Waals surface area contributed by atoms with E-state index in [1.807, 2.05) is 0 Å². The summed E-state index contributed by atoms with van der Waals surface area (Å²) < 4.78 is 72.7. The van der Waals surface area contributed by atoms with Crippen LogP contribution in [0.2, 0.25) is 0 Å². The van der Waals surface area contributed by atoms with Gasteiger partial charge < -0.3 is 15.8 Å². The average molecular weight is 428 g/mol. The Bertz CT molecular complexity index is 999. The number of aromatic nitrogens is 1. The van der Waals surface area contributed by atoms with Gasteiger partial charge in [0.2, 0.25) is 0 Å². The Kier molecular flexibility index (Phi) is 6.01. The molecule has 0 fully saturated rings. The number of aryl methyl sites for hydroxylation is 1. The molecule has 1 amide bonds. The fourth-order valence-electron chi connectivity index (χ4n) is 3.08. The van der Waals surface area contributed by atoms with Crippen LogP contribution in [-0.2, 0) is 10.3 Å². The minimum absolute atomic E-state index is 0.0186. The number of carbonyl (C=O) groups is 1. The molecule has 2 heterocycles. The third kappa shape index (κ3) is 4.11. The van der Waals surface area contributed by atoms with Crippen LogP contribution in [0.5, 0.6) is 0 Å². The number of nitrogens with zero attached hydrogens (tertiary/aromatic N) is 2. The molecule has 1 aliphatic heterocycles. The van der Waals surface area contributed by atoms with Gasteiger partial charge in [-0.15, -0.1) is 0 Å². The van der Waals surface area contributed by atoms with Crippen LogP contribution in [0.15, 0.2) is 35.5 Å². The van der Waals surface area contributed by atoms with Crippen molar-refractivity contribution in [3.05, 3.63) is 58.7 Å². The van der Waals surface area contributed by atoms with Crippen molar-refractivity contribution in [1.82, 2.24) is 4.98 Å². The number of hydrogen-bond acceptors (Lipinski definition) is 5. The number of benzene rings is 1. The van der Waals surface area contributed by atoms with Crippen LogP contribution in [0.1, 0.15) is 33.6 Å². The van der Waals surface area contributed by atoms with E-state index < -0.39 is 42.3 Å². The van der Waals surface area contributed by atoms with E-state index in [2.05, 4.69) is 15.3 Å². The topological polar surface area (TPSA) is 89.6 Å². The van der Waals surface area contributed by atoms with E-state index in [9.17, 15) is 26.7 Å². The highest BCUT2D eigenvalue weighted by Crippen LogP contribution is 2.38. The number of alkyl halides is 4. The standard InChI is InChI=1S/C19H17F5N4O2/c1-9-4-10(16(21)22)6-26-15(9)17(29)27-11-2-3-13(20)12(5-11)19(18(23)24)8-30-7-14(25)28-19/h2-6,16,18H,7-8H2,1H3,(H2,25,28)(H,27,29). The Morgan fingerprint density at radius 2 is 2.00 bits per heavy atom. The number of nitrogens with one attached hydrogen (secondary N) is 1. The lowest BCUT2D eigenvalue weighted by atomic mass is 9.90. The number of hydrogen-bond donors (Lipinski definition) is 2. The van der Waals surface area contributed by atoms with Crippen molar-refractivity contribution in [3.8, 4) is 0 Å². The van der Waals surface area contributed by atoms with Crippen LogP contribution >= 0.6 is 0 Å². The highest BCUT2D eigenvalue weighted by molar-refractivity contribution is 6.03. The molecule has 1 aromatic carbocycles. The maximum Gasteiger partial charge on any atom is 0.274 e. The van der Waals surface area contributed by atoms with Crippen LogP contribution in [0.4, 0.5) is 27.6 Å². The number of pyridine rings is 1. The van der Waals surface area contributed by atoms with Gasteiger partial charge in [0.15, 0.2) is 5.54 Å². The summed E-state index contributed by atoms with van der Waals surface area (Å²) in [6.45, 7) is 0.661. The van der Waals surface area contributed by atoms with E-state index in [-0.39, 0.29) is 35.0 Å². The van der Waals surface area contributed by atoms with Crippen molar-refractivity contribution in [3.63, 3.8) is 0 Å². The van der Waals surface area contributed by atoms with Crippen LogP contribution in [0.3, 0.4) is 0 Å². The van der Waals surface area contributed by atoms with Gasteiger partial charge in [-0.25, -0.2) is 22.0 Å². The number of rotatable bonds is 5. The van der Waals surface area contributed by atoms with E-state index in [1.165, 1.54) is 6.92 Å². The molecule has 30 heavy (non-hydrogen) atoms. The first-order valence-electron chi connectivity index (χ1n) is 8.70. The van der Waals surface area contributed by atoms with E-state index in [0.29, 0.717) is 0 Å². The van der Waals surface area contributed by atoms with Gasteiger partial charge in [0.1, 0.15) is 24.0 Å². The summed E-state index contributed by atoms with van der Waals surface area (Å²) in [5.41, 5.74) is 2.34. The molecule has 160 valence electrons. The Morgan fingerprint density at radius 1 is 1.27 bits per heavy atom. The second kappa shape index (κ2) is 8.34. The van der Waals surface area contributed by atoms with Gasteiger partial charge in [0.25, 0.3) is 18.8 Å². The lowest BCUT2D eigenvalue weighted by molar-refractivity contribution is -0.0145. The molecule has 1 atom stereocenters. The van der Waals surface area contributed by atoms with Gasteiger partial charge in [-0.05, 0) is 36.8 Å². The largest absolute Gasteiger partial charge is 0.385 e. The van der Waals surface area contributed by atoms with Gasteiger partial charge in [-0.1, -0.05) is 0 Å². The molecular formula is C19H17F5N4O2. The second-order valence-corrected chi connectivity index (χ2v) is 6.70. The van der Waals surface area contributed by atoms with E-state index >= 15 is 0 Å². The SMILES string of the molecule is Cc1cc(C(F)F)cnc1C(=O)Nc1ccc(F)c(C2(C(F)F)COCC(N)=N2)c1. The summed E-state index contributed by atoms with van der Waals surface area (Å²) in [5.74, 6) is -1.97. The molecule has 1 unspecified atom stereocenters. The van der Waals surface area contributed by atoms with Crippen LogP contribution in [0, 0.1) is 12.7 Å². The molecule has 0 radical (unpaired) electrons. The van der Waals surface area contributed by atoms with Gasteiger partial charge in [-0.3, -0.25) is 14.8 Å². The Morgan fingerprint density at radius 3 is 2.60 bits per heavy atom. The van der Waals surface area contributed by atoms with Crippen molar-refractivity contribution in [2.75, 3.05) is 18.5 Å². The van der Waals surface area contributed by atoms with Crippen molar-refractivity contribution in [2.45, 2.75) is 25.3 Å². The number of nitrogens with two attached hydrogens (primary N) is 1. The summed E-state index contributed by atoms with van der Waals surface area (Å²) in [7, 11) is 0. The van der Waals surface area contributed by atoms with Gasteiger partial charge in [0.05, 0.1) is 6.61 Å². The first kappa shape index (κ1) is 21.6. The fraction of sp³-hybridized carbons (Fsp3) is 0.316. The maximum absolute atomic E-state index is 14.4. The van der Waals surface area contributed by atoms with Crippen LogP contribution in [-0.4, -0.2) is 36.4 Å². The van der Waals surface area contributed by atoms with E-state index in [4.69, 9.17) is 10.5 Å². The van der Waals surface area contributed by atoms with Crippen molar-refractivity contribution < 1.29 is 31.5 Å². The maximum atomic E-state index is 14.4. The molecule has 0 saturated heterocycles. The molecule has 0 bridgehead atoms. The summed E-state index contributed by atoms with van der Waals surface area (Å²) in [4.78, 5) is 20.0. The first-order chi connectivity index (χ1) is 14.1. The smallest absolute Gasteiger partial charge is 0.274 e. The summed E-state index contributed by atoms with van der Waals surface area (Å²) in [6.07, 6.45) is -5.02. The molecule has 0 spiro atoms. The molecule has 3 N–H and O–H groups in total. The monoisotopic (exact) mass is 428 g/mol. The minimum Gasteiger partial charge on any atom is -0.385 e. The Balaban J connectivity index is 1.94. The molecule has 1 aromatic heterocycles. The van der Waals surface area contributed by atoms with Gasteiger partial charge in [0, 0.05) is 23.0 Å². The minimum atomic E-state index is -3.14. The predicted molar refractivity (Wildman–Crippen MR) is 98.4 cm³/mol. The summed E-state index contributed by atoms with van der Waals surface area (Å²) in [6, 6.07) is 4.18. The molecule has 2 aromatic rings. The van der Waals surface area contributed by atoms with Gasteiger partial charge in [-0.2, -0.15) is 0 Å². The van der Waals surface area contributed by atoms with E-state index in [1.54, 1.807) is 0 Å². The third-order valence-electron chi connectivity index (χ3n) is 4.53. The number of carbonyl (C=O) groups excluding carboxylic acids is 1. The number of ether oxygens (including phenoxy) is 1. The van der Waals surface area contributed by atoms with Crippen molar-refractivity contribution in [1.29, 1.82) is 0 Å². The normalized spacial score (nSPS) is 19.1. The first-order valence-corrected chi connectivity index (χ1v) is 8.70. The molecule has 1 aliphatic rings. The molecule has 3 rings (SSSR count). The van der Waals surface area contributed by atoms with Crippen LogP contribution < -0.4 is 11.1 Å². The number of aliphatic imine (C=N–C) groups is 1. The Labute approximate surface area is 168 Å².